The number of hydrogen-bond acceptors (Lipinski definition) is 1. The SMILES string of the molecule is CC(C)C1CCCC(Nc2ccccc2C(C)(C)C)C1. The van der Waals surface area contributed by atoms with Crippen molar-refractivity contribution in [3.05, 3.63) is 29.8 Å². The zero-order chi connectivity index (χ0) is 14.8. The van der Waals surface area contributed by atoms with Crippen molar-refractivity contribution in [3.63, 3.8) is 0 Å². The zero-order valence-corrected chi connectivity index (χ0v) is 13.9. The molecular formula is C19H31N. The quantitative estimate of drug-likeness (QED) is 0.754. The first-order valence-electron chi connectivity index (χ1n) is 8.24. The molecule has 0 spiro atoms. The third kappa shape index (κ3) is 3.77. The van der Waals surface area contributed by atoms with Gasteiger partial charge in [-0.1, -0.05) is 65.7 Å². The monoisotopic (exact) mass is 273 g/mol. The second-order valence-electron chi connectivity index (χ2n) is 7.81. The minimum absolute atomic E-state index is 0.204. The maximum Gasteiger partial charge on any atom is 0.0380 e. The molecule has 1 aromatic carbocycles. The van der Waals surface area contributed by atoms with Gasteiger partial charge in [0, 0.05) is 11.7 Å². The fourth-order valence-electron chi connectivity index (χ4n) is 3.45. The topological polar surface area (TPSA) is 12.0 Å². The number of hydrogen-bond donors (Lipinski definition) is 1. The van der Waals surface area contributed by atoms with Gasteiger partial charge >= 0.3 is 0 Å². The predicted octanol–water partition coefficient (Wildman–Crippen LogP) is 5.61. The average Bonchev–Trinajstić information content (AvgIpc) is 2.38. The van der Waals surface area contributed by atoms with Crippen molar-refractivity contribution in [2.45, 2.75) is 71.8 Å². The molecule has 1 nitrogen and oxygen atoms in total. The molecule has 2 atom stereocenters. The Hall–Kier alpha value is -0.980. The summed E-state index contributed by atoms with van der Waals surface area (Å²) in [5.74, 6) is 1.71. The first-order valence-corrected chi connectivity index (χ1v) is 8.24. The van der Waals surface area contributed by atoms with Gasteiger partial charge in [0.15, 0.2) is 0 Å². The van der Waals surface area contributed by atoms with E-state index in [0.717, 1.165) is 11.8 Å². The van der Waals surface area contributed by atoms with E-state index in [0.29, 0.717) is 6.04 Å². The highest BCUT2D eigenvalue weighted by Crippen LogP contribution is 2.34. The molecule has 0 aliphatic heterocycles. The fourth-order valence-corrected chi connectivity index (χ4v) is 3.45. The Bertz CT molecular complexity index is 428. The molecule has 0 bridgehead atoms. The van der Waals surface area contributed by atoms with Crippen LogP contribution in [0.4, 0.5) is 5.69 Å². The van der Waals surface area contributed by atoms with Gasteiger partial charge in [0.2, 0.25) is 0 Å². The van der Waals surface area contributed by atoms with E-state index in [-0.39, 0.29) is 5.41 Å². The van der Waals surface area contributed by atoms with Crippen molar-refractivity contribution in [3.8, 4) is 0 Å². The van der Waals surface area contributed by atoms with Gasteiger partial charge in [0.1, 0.15) is 0 Å². The van der Waals surface area contributed by atoms with Gasteiger partial charge < -0.3 is 5.32 Å². The van der Waals surface area contributed by atoms with Crippen LogP contribution in [0.5, 0.6) is 0 Å². The lowest BCUT2D eigenvalue weighted by Gasteiger charge is -2.34. The molecule has 1 aliphatic rings. The normalized spacial score (nSPS) is 23.9. The van der Waals surface area contributed by atoms with Gasteiger partial charge in [-0.25, -0.2) is 0 Å². The molecule has 1 N–H and O–H groups in total. The lowest BCUT2D eigenvalue weighted by Crippen LogP contribution is -2.30. The molecule has 0 saturated heterocycles. The summed E-state index contributed by atoms with van der Waals surface area (Å²) >= 11 is 0. The van der Waals surface area contributed by atoms with Gasteiger partial charge in [0.05, 0.1) is 0 Å². The Morgan fingerprint density at radius 1 is 1.10 bits per heavy atom. The van der Waals surface area contributed by atoms with Gasteiger partial charge in [-0.3, -0.25) is 0 Å². The van der Waals surface area contributed by atoms with Crippen LogP contribution in [0.25, 0.3) is 0 Å². The molecule has 2 rings (SSSR count). The molecular weight excluding hydrogens is 242 g/mol. The highest BCUT2D eigenvalue weighted by atomic mass is 14.9. The number of anilines is 1. The van der Waals surface area contributed by atoms with Gasteiger partial charge in [-0.2, -0.15) is 0 Å². The summed E-state index contributed by atoms with van der Waals surface area (Å²) < 4.78 is 0. The Kier molecular flexibility index (Phi) is 4.78. The van der Waals surface area contributed by atoms with E-state index in [1.165, 1.54) is 36.9 Å². The molecule has 112 valence electrons. The van der Waals surface area contributed by atoms with Crippen molar-refractivity contribution in [2.24, 2.45) is 11.8 Å². The number of benzene rings is 1. The Labute approximate surface area is 125 Å². The van der Waals surface area contributed by atoms with E-state index in [2.05, 4.69) is 64.2 Å². The van der Waals surface area contributed by atoms with Crippen LogP contribution >= 0.6 is 0 Å². The summed E-state index contributed by atoms with van der Waals surface area (Å²) in [5, 5.41) is 3.84. The second-order valence-corrected chi connectivity index (χ2v) is 7.81. The van der Waals surface area contributed by atoms with E-state index < -0.39 is 0 Å². The van der Waals surface area contributed by atoms with Gasteiger partial charge in [0.25, 0.3) is 0 Å². The van der Waals surface area contributed by atoms with Crippen LogP contribution in [-0.4, -0.2) is 6.04 Å². The molecule has 20 heavy (non-hydrogen) atoms. The van der Waals surface area contributed by atoms with E-state index in [9.17, 15) is 0 Å². The van der Waals surface area contributed by atoms with Crippen LogP contribution in [0.3, 0.4) is 0 Å². The Morgan fingerprint density at radius 3 is 2.45 bits per heavy atom. The molecule has 0 amide bonds. The van der Waals surface area contributed by atoms with Crippen molar-refractivity contribution in [1.29, 1.82) is 0 Å². The number of rotatable bonds is 3. The molecule has 1 heteroatoms. The molecule has 0 radical (unpaired) electrons. The summed E-state index contributed by atoms with van der Waals surface area (Å²) in [6.45, 7) is 11.6. The summed E-state index contributed by atoms with van der Waals surface area (Å²) in [4.78, 5) is 0. The lowest BCUT2D eigenvalue weighted by atomic mass is 9.79. The molecule has 1 fully saturated rings. The van der Waals surface area contributed by atoms with Crippen molar-refractivity contribution in [2.75, 3.05) is 5.32 Å². The molecule has 0 heterocycles. The van der Waals surface area contributed by atoms with E-state index in [4.69, 9.17) is 0 Å². The minimum atomic E-state index is 0.204. The van der Waals surface area contributed by atoms with E-state index in [1.54, 1.807) is 0 Å². The number of para-hydroxylation sites is 1. The summed E-state index contributed by atoms with van der Waals surface area (Å²) in [6, 6.07) is 9.48. The predicted molar refractivity (Wildman–Crippen MR) is 89.3 cm³/mol. The van der Waals surface area contributed by atoms with E-state index in [1.807, 2.05) is 0 Å². The van der Waals surface area contributed by atoms with Crippen LogP contribution in [0.15, 0.2) is 24.3 Å². The molecule has 0 aromatic heterocycles. The molecule has 1 aromatic rings. The number of nitrogens with one attached hydrogen (secondary N) is 1. The third-order valence-electron chi connectivity index (χ3n) is 4.75. The van der Waals surface area contributed by atoms with Crippen molar-refractivity contribution < 1.29 is 0 Å². The Balaban J connectivity index is 2.10. The largest absolute Gasteiger partial charge is 0.382 e. The maximum atomic E-state index is 3.84. The summed E-state index contributed by atoms with van der Waals surface area (Å²) in [6.07, 6.45) is 5.44. The smallest absolute Gasteiger partial charge is 0.0380 e. The Morgan fingerprint density at radius 2 is 1.80 bits per heavy atom. The van der Waals surface area contributed by atoms with Crippen LogP contribution in [0.1, 0.15) is 65.9 Å². The minimum Gasteiger partial charge on any atom is -0.382 e. The van der Waals surface area contributed by atoms with Crippen LogP contribution in [-0.2, 0) is 5.41 Å². The lowest BCUT2D eigenvalue weighted by molar-refractivity contribution is 0.264. The third-order valence-corrected chi connectivity index (χ3v) is 4.75. The van der Waals surface area contributed by atoms with Gasteiger partial charge in [-0.15, -0.1) is 0 Å². The second kappa shape index (κ2) is 6.20. The zero-order valence-electron chi connectivity index (χ0n) is 13.9. The van der Waals surface area contributed by atoms with Crippen LogP contribution in [0.2, 0.25) is 0 Å². The molecule has 1 saturated carbocycles. The highest BCUT2D eigenvalue weighted by Gasteiger charge is 2.25. The van der Waals surface area contributed by atoms with Crippen molar-refractivity contribution in [1.82, 2.24) is 0 Å². The van der Waals surface area contributed by atoms with Crippen LogP contribution in [0, 0.1) is 11.8 Å². The first-order chi connectivity index (χ1) is 9.38. The van der Waals surface area contributed by atoms with E-state index >= 15 is 0 Å². The average molecular weight is 273 g/mol. The highest BCUT2D eigenvalue weighted by molar-refractivity contribution is 5.54. The first kappa shape index (κ1) is 15.4. The summed E-state index contributed by atoms with van der Waals surface area (Å²) in [5.41, 5.74) is 2.98. The summed E-state index contributed by atoms with van der Waals surface area (Å²) in [7, 11) is 0. The molecule has 2 unspecified atom stereocenters. The standard InChI is InChI=1S/C19H31N/c1-14(2)15-9-8-10-16(13-15)20-18-12-7-6-11-17(18)19(3,4)5/h6-7,11-12,14-16,20H,8-10,13H2,1-5H3. The fraction of sp³-hybridized carbons (Fsp3) is 0.684. The van der Waals surface area contributed by atoms with Crippen molar-refractivity contribution >= 4 is 5.69 Å². The maximum absolute atomic E-state index is 3.84. The van der Waals surface area contributed by atoms with Crippen LogP contribution < -0.4 is 5.32 Å². The molecule has 1 aliphatic carbocycles. The van der Waals surface area contributed by atoms with Gasteiger partial charge in [-0.05, 0) is 41.7 Å².